The fraction of sp³-hybridized carbons (Fsp3) is 0.158. The molecule has 0 saturated heterocycles. The summed E-state index contributed by atoms with van der Waals surface area (Å²) in [6, 6.07) is 8.04. The highest BCUT2D eigenvalue weighted by atomic mass is 19.4. The van der Waals surface area contributed by atoms with Crippen molar-refractivity contribution in [2.24, 2.45) is 0 Å². The fourth-order valence-electron chi connectivity index (χ4n) is 2.77. The maximum Gasteiger partial charge on any atom is 0.573 e. The predicted molar refractivity (Wildman–Crippen MR) is 88.7 cm³/mol. The molecule has 0 amide bonds. The zero-order valence-electron chi connectivity index (χ0n) is 14.4. The number of hydrogen-bond acceptors (Lipinski definition) is 4. The van der Waals surface area contributed by atoms with E-state index in [0.717, 1.165) is 48.7 Å². The molecule has 1 N–H and O–H groups in total. The molecule has 10 heteroatoms. The minimum atomic E-state index is -4.91. The summed E-state index contributed by atoms with van der Waals surface area (Å²) >= 11 is 0. The van der Waals surface area contributed by atoms with Gasteiger partial charge in [0, 0.05) is 12.4 Å². The Labute approximate surface area is 160 Å². The minimum absolute atomic E-state index is 0.0214. The molecule has 0 radical (unpaired) electrons. The van der Waals surface area contributed by atoms with E-state index < -0.39 is 29.5 Å². The molecular formula is C19H12F6N2O2. The molecule has 0 aliphatic rings. The number of aliphatic hydroxyl groups is 1. The zero-order valence-corrected chi connectivity index (χ0v) is 14.4. The van der Waals surface area contributed by atoms with Crippen molar-refractivity contribution in [3.05, 3.63) is 89.5 Å². The smallest absolute Gasteiger partial charge is 0.406 e. The molecule has 2 aromatic carbocycles. The van der Waals surface area contributed by atoms with Crippen LogP contribution >= 0.6 is 0 Å². The highest BCUT2D eigenvalue weighted by Gasteiger charge is 2.39. The first-order valence-electron chi connectivity index (χ1n) is 8.03. The van der Waals surface area contributed by atoms with Crippen molar-refractivity contribution in [3.8, 4) is 5.75 Å². The summed E-state index contributed by atoms with van der Waals surface area (Å²) in [4.78, 5) is 7.79. The lowest BCUT2D eigenvalue weighted by molar-refractivity contribution is -0.274. The van der Waals surface area contributed by atoms with Gasteiger partial charge in [-0.05, 0) is 35.4 Å². The fourth-order valence-corrected chi connectivity index (χ4v) is 2.77. The molecule has 1 heterocycles. The van der Waals surface area contributed by atoms with Crippen LogP contribution in [0.15, 0.2) is 67.1 Å². The van der Waals surface area contributed by atoms with Crippen LogP contribution < -0.4 is 4.74 Å². The van der Waals surface area contributed by atoms with E-state index in [9.17, 15) is 31.4 Å². The van der Waals surface area contributed by atoms with Gasteiger partial charge in [0.2, 0.25) is 0 Å². The molecular weight excluding hydrogens is 402 g/mol. The van der Waals surface area contributed by atoms with Crippen molar-refractivity contribution in [3.63, 3.8) is 0 Å². The number of nitrogens with zero attached hydrogens (tertiary/aromatic N) is 2. The lowest BCUT2D eigenvalue weighted by Crippen LogP contribution is -2.30. The van der Waals surface area contributed by atoms with E-state index in [1.807, 2.05) is 0 Å². The van der Waals surface area contributed by atoms with Gasteiger partial charge in [-0.2, -0.15) is 13.2 Å². The standard InChI is InChI=1S/C19H12F6N2O2/c20-18(21,22)14-3-1-2-13(10-14)17(28,16-11-26-8-9-27-16)12-4-6-15(7-5-12)29-19(23,24)25/h1-11,28H. The molecule has 1 atom stereocenters. The summed E-state index contributed by atoms with van der Waals surface area (Å²) in [6.07, 6.45) is -5.89. The average Bonchev–Trinajstić information content (AvgIpc) is 2.67. The van der Waals surface area contributed by atoms with E-state index in [1.165, 1.54) is 18.5 Å². The first kappa shape index (κ1) is 20.6. The second-order valence-corrected chi connectivity index (χ2v) is 5.95. The largest absolute Gasteiger partial charge is 0.573 e. The summed E-state index contributed by atoms with van der Waals surface area (Å²) in [5.74, 6) is -0.549. The maximum absolute atomic E-state index is 13.1. The van der Waals surface area contributed by atoms with Gasteiger partial charge in [-0.25, -0.2) is 0 Å². The Morgan fingerprint density at radius 1 is 0.793 bits per heavy atom. The lowest BCUT2D eigenvalue weighted by Gasteiger charge is -2.29. The number of aromatic nitrogens is 2. The molecule has 1 aromatic heterocycles. The Morgan fingerprint density at radius 3 is 2.00 bits per heavy atom. The summed E-state index contributed by atoms with van der Waals surface area (Å²) in [5.41, 5.74) is -3.52. The van der Waals surface area contributed by atoms with E-state index >= 15 is 0 Å². The van der Waals surface area contributed by atoms with Gasteiger partial charge in [0.15, 0.2) is 5.60 Å². The SMILES string of the molecule is OC(c1ccc(OC(F)(F)F)cc1)(c1cccc(C(F)(F)F)c1)c1cnccn1. The Balaban J connectivity index is 2.14. The molecule has 0 bridgehead atoms. The molecule has 0 spiro atoms. The quantitative estimate of drug-likeness (QED) is 0.630. The van der Waals surface area contributed by atoms with Crippen LogP contribution in [0.2, 0.25) is 0 Å². The molecule has 4 nitrogen and oxygen atoms in total. The second-order valence-electron chi connectivity index (χ2n) is 5.95. The van der Waals surface area contributed by atoms with Gasteiger partial charge in [0.1, 0.15) is 5.75 Å². The minimum Gasteiger partial charge on any atom is -0.406 e. The van der Waals surface area contributed by atoms with Crippen LogP contribution in [0.4, 0.5) is 26.3 Å². The summed E-state index contributed by atoms with van der Waals surface area (Å²) in [6.45, 7) is 0. The van der Waals surface area contributed by atoms with Crippen molar-refractivity contribution in [2.75, 3.05) is 0 Å². The van der Waals surface area contributed by atoms with Gasteiger partial charge in [0.25, 0.3) is 0 Å². The number of halogens is 6. The Kier molecular flexibility index (Phi) is 5.22. The normalized spacial score (nSPS) is 14.3. The number of ether oxygens (including phenoxy) is 1. The van der Waals surface area contributed by atoms with E-state index in [4.69, 9.17) is 0 Å². The van der Waals surface area contributed by atoms with E-state index in [-0.39, 0.29) is 16.8 Å². The number of rotatable bonds is 4. The second kappa shape index (κ2) is 7.36. The van der Waals surface area contributed by atoms with Crippen molar-refractivity contribution < 1.29 is 36.2 Å². The monoisotopic (exact) mass is 414 g/mol. The van der Waals surface area contributed by atoms with Gasteiger partial charge in [-0.3, -0.25) is 9.97 Å². The third-order valence-electron chi connectivity index (χ3n) is 4.05. The first-order valence-corrected chi connectivity index (χ1v) is 8.03. The summed E-state index contributed by atoms with van der Waals surface area (Å²) in [7, 11) is 0. The van der Waals surface area contributed by atoms with Crippen LogP contribution in [0.1, 0.15) is 22.4 Å². The Hall–Kier alpha value is -3.14. The van der Waals surface area contributed by atoms with Gasteiger partial charge in [-0.15, -0.1) is 13.2 Å². The van der Waals surface area contributed by atoms with Crippen LogP contribution in [0, 0.1) is 0 Å². The zero-order chi connectivity index (χ0) is 21.3. The first-order chi connectivity index (χ1) is 13.5. The summed E-state index contributed by atoms with van der Waals surface area (Å²) < 4.78 is 80.3. The third-order valence-corrected chi connectivity index (χ3v) is 4.05. The Bertz CT molecular complexity index is 974. The lowest BCUT2D eigenvalue weighted by atomic mass is 9.83. The highest BCUT2D eigenvalue weighted by molar-refractivity contribution is 5.46. The molecule has 152 valence electrons. The third kappa shape index (κ3) is 4.48. The number of benzene rings is 2. The molecule has 0 saturated carbocycles. The van der Waals surface area contributed by atoms with E-state index in [0.29, 0.717) is 0 Å². The van der Waals surface area contributed by atoms with Crippen LogP contribution in [0.3, 0.4) is 0 Å². The molecule has 0 aliphatic heterocycles. The topological polar surface area (TPSA) is 55.2 Å². The highest BCUT2D eigenvalue weighted by Crippen LogP contribution is 2.39. The van der Waals surface area contributed by atoms with E-state index in [1.54, 1.807) is 0 Å². The average molecular weight is 414 g/mol. The van der Waals surface area contributed by atoms with Gasteiger partial charge in [-0.1, -0.05) is 24.3 Å². The van der Waals surface area contributed by atoms with Crippen LogP contribution in [-0.4, -0.2) is 21.4 Å². The molecule has 29 heavy (non-hydrogen) atoms. The maximum atomic E-state index is 13.1. The Morgan fingerprint density at radius 2 is 1.45 bits per heavy atom. The number of alkyl halides is 6. The van der Waals surface area contributed by atoms with Crippen LogP contribution in [0.5, 0.6) is 5.75 Å². The van der Waals surface area contributed by atoms with Gasteiger partial charge >= 0.3 is 12.5 Å². The van der Waals surface area contributed by atoms with Gasteiger partial charge in [0.05, 0.1) is 17.5 Å². The van der Waals surface area contributed by atoms with Crippen LogP contribution in [-0.2, 0) is 11.8 Å². The van der Waals surface area contributed by atoms with Crippen molar-refractivity contribution in [1.82, 2.24) is 9.97 Å². The van der Waals surface area contributed by atoms with Crippen molar-refractivity contribution in [2.45, 2.75) is 18.1 Å². The van der Waals surface area contributed by atoms with Crippen molar-refractivity contribution >= 4 is 0 Å². The molecule has 0 fully saturated rings. The van der Waals surface area contributed by atoms with E-state index in [2.05, 4.69) is 14.7 Å². The molecule has 3 aromatic rings. The molecule has 0 aliphatic carbocycles. The molecule has 3 rings (SSSR count). The molecule has 1 unspecified atom stereocenters. The van der Waals surface area contributed by atoms with Gasteiger partial charge < -0.3 is 9.84 Å². The van der Waals surface area contributed by atoms with Crippen LogP contribution in [0.25, 0.3) is 0 Å². The summed E-state index contributed by atoms with van der Waals surface area (Å²) in [5, 5.41) is 11.4. The number of hydrogen-bond donors (Lipinski definition) is 1. The van der Waals surface area contributed by atoms with Crippen molar-refractivity contribution in [1.29, 1.82) is 0 Å². The predicted octanol–water partition coefficient (Wildman–Crippen LogP) is 4.68.